The van der Waals surface area contributed by atoms with Crippen molar-refractivity contribution in [2.75, 3.05) is 21.3 Å². The summed E-state index contributed by atoms with van der Waals surface area (Å²) in [7, 11) is 1.09. The van der Waals surface area contributed by atoms with Crippen LogP contribution in [0.25, 0.3) is 0 Å². The Bertz CT molecular complexity index is 659. The fourth-order valence-electron chi connectivity index (χ4n) is 2.46. The van der Waals surface area contributed by atoms with E-state index < -0.39 is 32.4 Å². The van der Waals surface area contributed by atoms with Gasteiger partial charge in [-0.05, 0) is 24.6 Å². The second kappa shape index (κ2) is 7.22. The molecule has 2 rings (SSSR count). The Kier molecular flexibility index (Phi) is 5.50. The maximum Gasteiger partial charge on any atom is 0.543 e. The van der Waals surface area contributed by atoms with Crippen molar-refractivity contribution < 1.29 is 37.1 Å². The zero-order valence-electron chi connectivity index (χ0n) is 13.8. The Balaban J connectivity index is 2.25. The van der Waals surface area contributed by atoms with Gasteiger partial charge in [-0.3, -0.25) is 0 Å². The Labute approximate surface area is 140 Å². The number of benzene rings is 1. The SMILES string of the molecule is CCC(OC(=O)c1ccc2c(c1)C(=O)OC2=O)[Si](OC)(OC)OC. The Hall–Kier alpha value is -2.07. The predicted molar refractivity (Wildman–Crippen MR) is 82.5 cm³/mol. The van der Waals surface area contributed by atoms with Gasteiger partial charge in [0, 0.05) is 21.3 Å². The van der Waals surface area contributed by atoms with Crippen LogP contribution in [0.1, 0.15) is 44.4 Å². The molecule has 0 fully saturated rings. The molecular formula is C15H18O8Si. The Morgan fingerprint density at radius 1 is 1.08 bits per heavy atom. The maximum atomic E-state index is 12.4. The van der Waals surface area contributed by atoms with Gasteiger partial charge in [-0.2, -0.15) is 0 Å². The standard InChI is InChI=1S/C15H18O8Si/c1-5-12(24(19-2,20-3)21-4)22-13(16)9-6-7-10-11(8-9)15(18)23-14(10)17/h6-8,12H,5H2,1-4H3. The summed E-state index contributed by atoms with van der Waals surface area (Å²) in [5.41, 5.74) is -0.439. The molecule has 1 heterocycles. The lowest BCUT2D eigenvalue weighted by Gasteiger charge is -2.31. The fraction of sp³-hybridized carbons (Fsp3) is 0.400. The van der Waals surface area contributed by atoms with Gasteiger partial charge in [0.1, 0.15) is 0 Å². The zero-order chi connectivity index (χ0) is 17.9. The first-order valence-electron chi connectivity index (χ1n) is 7.19. The molecule has 0 saturated carbocycles. The molecule has 0 aromatic heterocycles. The number of esters is 3. The molecule has 1 atom stereocenters. The normalized spacial score (nSPS) is 15.0. The van der Waals surface area contributed by atoms with Crippen LogP contribution >= 0.6 is 0 Å². The molecule has 0 amide bonds. The van der Waals surface area contributed by atoms with Crippen LogP contribution in [0, 0.1) is 0 Å². The monoisotopic (exact) mass is 354 g/mol. The number of carbonyl (C=O) groups excluding carboxylic acids is 3. The number of rotatable bonds is 7. The van der Waals surface area contributed by atoms with Gasteiger partial charge in [0.05, 0.1) is 16.7 Å². The Morgan fingerprint density at radius 2 is 1.67 bits per heavy atom. The molecule has 0 radical (unpaired) electrons. The van der Waals surface area contributed by atoms with E-state index in [-0.39, 0.29) is 16.7 Å². The first-order chi connectivity index (χ1) is 11.4. The largest absolute Gasteiger partial charge is 0.543 e. The fourth-order valence-corrected chi connectivity index (χ4v) is 4.50. The third-order valence-corrected chi connectivity index (χ3v) is 6.77. The highest BCUT2D eigenvalue weighted by molar-refractivity contribution is 6.62. The van der Waals surface area contributed by atoms with Crippen molar-refractivity contribution in [1.82, 2.24) is 0 Å². The molecule has 8 nitrogen and oxygen atoms in total. The second-order valence-corrected chi connectivity index (χ2v) is 8.03. The quantitative estimate of drug-likeness (QED) is 0.411. The van der Waals surface area contributed by atoms with Crippen molar-refractivity contribution in [1.29, 1.82) is 0 Å². The summed E-state index contributed by atoms with van der Waals surface area (Å²) >= 11 is 0. The molecule has 9 heteroatoms. The van der Waals surface area contributed by atoms with Crippen LogP contribution in [0.2, 0.25) is 0 Å². The van der Waals surface area contributed by atoms with Crippen molar-refractivity contribution in [3.63, 3.8) is 0 Å². The zero-order valence-corrected chi connectivity index (χ0v) is 14.8. The summed E-state index contributed by atoms with van der Waals surface area (Å²) < 4.78 is 25.9. The van der Waals surface area contributed by atoms with Crippen LogP contribution in [0.5, 0.6) is 0 Å². The number of hydrogen-bond donors (Lipinski definition) is 0. The Morgan fingerprint density at radius 3 is 2.21 bits per heavy atom. The molecule has 1 aliphatic heterocycles. The average Bonchev–Trinajstić information content (AvgIpc) is 2.89. The smallest absolute Gasteiger partial charge is 0.454 e. The van der Waals surface area contributed by atoms with E-state index in [9.17, 15) is 14.4 Å². The lowest BCUT2D eigenvalue weighted by atomic mass is 10.1. The summed E-state index contributed by atoms with van der Waals surface area (Å²) in [6, 6.07) is 4.02. The van der Waals surface area contributed by atoms with E-state index in [1.54, 1.807) is 6.92 Å². The maximum absolute atomic E-state index is 12.4. The number of fused-ring (bicyclic) bond motifs is 1. The molecule has 1 aliphatic rings. The molecule has 0 N–H and O–H groups in total. The average molecular weight is 354 g/mol. The van der Waals surface area contributed by atoms with E-state index in [2.05, 4.69) is 4.74 Å². The highest BCUT2D eigenvalue weighted by Gasteiger charge is 2.49. The molecule has 1 aromatic carbocycles. The summed E-state index contributed by atoms with van der Waals surface area (Å²) in [6.45, 7) is 1.80. The summed E-state index contributed by atoms with van der Waals surface area (Å²) in [5.74, 6) is -2.20. The third-order valence-electron chi connectivity index (χ3n) is 3.75. The highest BCUT2D eigenvalue weighted by atomic mass is 28.4. The molecule has 0 spiro atoms. The molecule has 0 bridgehead atoms. The minimum Gasteiger partial charge on any atom is -0.454 e. The second-order valence-electron chi connectivity index (χ2n) is 4.96. The molecule has 1 aromatic rings. The first kappa shape index (κ1) is 18.3. The molecule has 24 heavy (non-hydrogen) atoms. The van der Waals surface area contributed by atoms with Crippen LogP contribution in [-0.2, 0) is 22.8 Å². The van der Waals surface area contributed by atoms with Crippen molar-refractivity contribution in [3.8, 4) is 0 Å². The van der Waals surface area contributed by atoms with Crippen molar-refractivity contribution in [2.24, 2.45) is 0 Å². The van der Waals surface area contributed by atoms with E-state index >= 15 is 0 Å². The molecule has 0 saturated heterocycles. The minimum absolute atomic E-state index is 0.0382. The van der Waals surface area contributed by atoms with Gasteiger partial charge in [0.2, 0.25) is 0 Å². The summed E-state index contributed by atoms with van der Waals surface area (Å²) in [5, 5.41) is 0. The van der Waals surface area contributed by atoms with Crippen molar-refractivity contribution >= 4 is 26.7 Å². The number of hydrogen-bond acceptors (Lipinski definition) is 8. The van der Waals surface area contributed by atoms with Crippen LogP contribution < -0.4 is 0 Å². The van der Waals surface area contributed by atoms with Crippen molar-refractivity contribution in [3.05, 3.63) is 34.9 Å². The minimum atomic E-state index is -3.18. The third kappa shape index (κ3) is 3.11. The van der Waals surface area contributed by atoms with Gasteiger partial charge in [-0.25, -0.2) is 14.4 Å². The number of cyclic esters (lactones) is 2. The molecule has 1 unspecified atom stereocenters. The summed E-state index contributed by atoms with van der Waals surface area (Å²) in [4.78, 5) is 35.4. The van der Waals surface area contributed by atoms with E-state index in [4.69, 9.17) is 18.0 Å². The van der Waals surface area contributed by atoms with E-state index in [0.29, 0.717) is 6.42 Å². The van der Waals surface area contributed by atoms with Crippen LogP contribution in [0.3, 0.4) is 0 Å². The lowest BCUT2D eigenvalue weighted by Crippen LogP contribution is -2.55. The number of carbonyl (C=O) groups is 3. The summed E-state index contributed by atoms with van der Waals surface area (Å²) in [6.07, 6.45) is 0.416. The molecular weight excluding hydrogens is 336 g/mol. The van der Waals surface area contributed by atoms with Crippen LogP contribution in [-0.4, -0.2) is 53.8 Å². The van der Waals surface area contributed by atoms with Gasteiger partial charge in [-0.1, -0.05) is 6.92 Å². The lowest BCUT2D eigenvalue weighted by molar-refractivity contribution is 0.0126. The van der Waals surface area contributed by atoms with E-state index in [1.807, 2.05) is 0 Å². The van der Waals surface area contributed by atoms with Crippen molar-refractivity contribution in [2.45, 2.75) is 19.1 Å². The van der Waals surface area contributed by atoms with Gasteiger partial charge in [0.15, 0.2) is 5.73 Å². The molecule has 0 aliphatic carbocycles. The predicted octanol–water partition coefficient (Wildman–Crippen LogP) is 1.35. The molecule has 130 valence electrons. The van der Waals surface area contributed by atoms with Gasteiger partial charge in [0.25, 0.3) is 0 Å². The topological polar surface area (TPSA) is 97.4 Å². The van der Waals surface area contributed by atoms with Crippen LogP contribution in [0.15, 0.2) is 18.2 Å². The van der Waals surface area contributed by atoms with Gasteiger partial charge < -0.3 is 22.8 Å². The van der Waals surface area contributed by atoms with E-state index in [1.165, 1.54) is 39.5 Å². The van der Waals surface area contributed by atoms with Gasteiger partial charge in [-0.15, -0.1) is 0 Å². The number of ether oxygens (including phenoxy) is 2. The van der Waals surface area contributed by atoms with E-state index in [0.717, 1.165) is 0 Å². The van der Waals surface area contributed by atoms with Crippen LogP contribution in [0.4, 0.5) is 0 Å². The highest BCUT2D eigenvalue weighted by Crippen LogP contribution is 2.23. The first-order valence-corrected chi connectivity index (χ1v) is 8.99. The van der Waals surface area contributed by atoms with Gasteiger partial charge >= 0.3 is 26.7 Å².